The Bertz CT molecular complexity index is 721. The monoisotopic (exact) mass is 346 g/mol. The molecule has 0 aromatic heterocycles. The van der Waals surface area contributed by atoms with E-state index in [2.05, 4.69) is 5.32 Å². The van der Waals surface area contributed by atoms with Gasteiger partial charge in [0.05, 0.1) is 23.8 Å². The molecule has 9 heteroatoms. The maximum absolute atomic E-state index is 13.9. The van der Waals surface area contributed by atoms with E-state index in [-0.39, 0.29) is 12.2 Å². The van der Waals surface area contributed by atoms with Gasteiger partial charge in [0, 0.05) is 6.26 Å². The Morgan fingerprint density at radius 3 is 2.77 bits per heavy atom. The number of nitrogens with zero attached hydrogens (tertiary/aromatic N) is 1. The van der Waals surface area contributed by atoms with Crippen LogP contribution in [0.15, 0.2) is 23.1 Å². The molecule has 1 amide bonds. The van der Waals surface area contributed by atoms with Crippen LogP contribution < -0.4 is 10.2 Å². The number of amides is 1. The molecular formula is C13H15FN2O4S2. The van der Waals surface area contributed by atoms with Gasteiger partial charge in [0.15, 0.2) is 9.84 Å². The van der Waals surface area contributed by atoms with Gasteiger partial charge in [-0.3, -0.25) is 4.90 Å². The van der Waals surface area contributed by atoms with Crippen LogP contribution in [0.1, 0.15) is 6.92 Å². The van der Waals surface area contributed by atoms with E-state index < -0.39 is 32.7 Å². The smallest absolute Gasteiger partial charge is 0.414 e. The fourth-order valence-corrected chi connectivity index (χ4v) is 2.87. The van der Waals surface area contributed by atoms with Crippen LogP contribution in [0.25, 0.3) is 0 Å². The summed E-state index contributed by atoms with van der Waals surface area (Å²) in [7, 11) is -3.65. The van der Waals surface area contributed by atoms with Crippen LogP contribution in [0, 0.1) is 5.82 Å². The highest BCUT2D eigenvalue weighted by atomic mass is 32.2. The molecule has 1 saturated heterocycles. The second-order valence-corrected chi connectivity index (χ2v) is 7.54. The number of cyclic esters (lactones) is 1. The van der Waals surface area contributed by atoms with Gasteiger partial charge in [-0.2, -0.15) is 0 Å². The van der Waals surface area contributed by atoms with Crippen LogP contribution in [0.4, 0.5) is 14.9 Å². The summed E-state index contributed by atoms with van der Waals surface area (Å²) >= 11 is 4.88. The summed E-state index contributed by atoms with van der Waals surface area (Å²) in [5.41, 5.74) is 0.247. The minimum Gasteiger partial charge on any atom is -0.442 e. The molecule has 1 aromatic carbocycles. The molecule has 0 unspecified atom stereocenters. The predicted molar refractivity (Wildman–Crippen MR) is 83.4 cm³/mol. The number of hydrogen-bond acceptors (Lipinski definition) is 5. The van der Waals surface area contributed by atoms with E-state index in [4.69, 9.17) is 17.0 Å². The number of anilines is 1. The average molecular weight is 346 g/mol. The Labute approximate surface area is 133 Å². The van der Waals surface area contributed by atoms with Gasteiger partial charge in [-0.1, -0.05) is 12.2 Å². The second-order valence-electron chi connectivity index (χ2n) is 4.94. The Morgan fingerprint density at radius 1 is 1.55 bits per heavy atom. The van der Waals surface area contributed by atoms with Gasteiger partial charge in [-0.05, 0) is 25.1 Å². The van der Waals surface area contributed by atoms with E-state index in [0.717, 1.165) is 18.4 Å². The largest absolute Gasteiger partial charge is 0.442 e. The SMILES string of the molecule is CC(=S)NC[C@H]1CN(c2ccc(S(C)(=O)=O)c(F)c2)C(=O)O1. The van der Waals surface area contributed by atoms with Crippen molar-refractivity contribution in [3.63, 3.8) is 0 Å². The molecule has 0 bridgehead atoms. The third kappa shape index (κ3) is 3.72. The predicted octanol–water partition coefficient (Wildman–Crippen LogP) is 1.49. The Kier molecular flexibility index (Phi) is 4.66. The Balaban J connectivity index is 2.17. The van der Waals surface area contributed by atoms with Crippen molar-refractivity contribution in [1.82, 2.24) is 5.32 Å². The van der Waals surface area contributed by atoms with Crippen LogP contribution >= 0.6 is 12.2 Å². The van der Waals surface area contributed by atoms with Crippen LogP contribution in [-0.2, 0) is 14.6 Å². The normalized spacial score (nSPS) is 18.2. The summed E-state index contributed by atoms with van der Waals surface area (Å²) in [5.74, 6) is -0.899. The van der Waals surface area contributed by atoms with Crippen LogP contribution in [0.2, 0.25) is 0 Å². The van der Waals surface area contributed by atoms with Crippen molar-refractivity contribution in [1.29, 1.82) is 0 Å². The first-order valence-corrected chi connectivity index (χ1v) is 8.70. The first kappa shape index (κ1) is 16.6. The zero-order chi connectivity index (χ0) is 16.5. The van der Waals surface area contributed by atoms with Gasteiger partial charge in [-0.15, -0.1) is 0 Å². The summed E-state index contributed by atoms with van der Waals surface area (Å²) in [6, 6.07) is 3.53. The molecule has 22 heavy (non-hydrogen) atoms. The number of ether oxygens (including phenoxy) is 1. The highest BCUT2D eigenvalue weighted by molar-refractivity contribution is 7.90. The lowest BCUT2D eigenvalue weighted by Crippen LogP contribution is -2.32. The third-order valence-electron chi connectivity index (χ3n) is 3.08. The molecule has 0 aliphatic carbocycles. The van der Waals surface area contributed by atoms with Crippen molar-refractivity contribution in [2.24, 2.45) is 0 Å². The van der Waals surface area contributed by atoms with Crippen LogP contribution in [0.3, 0.4) is 0 Å². The van der Waals surface area contributed by atoms with Gasteiger partial charge in [0.2, 0.25) is 0 Å². The minimum atomic E-state index is -3.65. The Morgan fingerprint density at radius 2 is 2.23 bits per heavy atom. The average Bonchev–Trinajstić information content (AvgIpc) is 2.76. The molecule has 6 nitrogen and oxygen atoms in total. The van der Waals surface area contributed by atoms with E-state index in [0.29, 0.717) is 11.5 Å². The van der Waals surface area contributed by atoms with Crippen molar-refractivity contribution in [2.75, 3.05) is 24.2 Å². The van der Waals surface area contributed by atoms with Crippen molar-refractivity contribution in [3.8, 4) is 0 Å². The standard InChI is InChI=1S/C13H15FN2O4S2/c1-8(21)15-6-10-7-16(13(17)20-10)9-3-4-12(11(14)5-9)22(2,18)19/h3-5,10H,6-7H2,1-2H3,(H,15,21)/t10-/m0/s1. The van der Waals surface area contributed by atoms with Crippen molar-refractivity contribution >= 4 is 38.8 Å². The third-order valence-corrected chi connectivity index (χ3v) is 4.35. The quantitative estimate of drug-likeness (QED) is 0.833. The molecular weight excluding hydrogens is 331 g/mol. The van der Waals surface area contributed by atoms with Gasteiger partial charge < -0.3 is 10.1 Å². The maximum atomic E-state index is 13.9. The molecule has 1 fully saturated rings. The summed E-state index contributed by atoms with van der Waals surface area (Å²) in [6.45, 7) is 2.30. The Hall–Kier alpha value is -1.74. The summed E-state index contributed by atoms with van der Waals surface area (Å²) in [6.07, 6.45) is -0.103. The first-order chi connectivity index (χ1) is 10.2. The summed E-state index contributed by atoms with van der Waals surface area (Å²) < 4.78 is 41.8. The lowest BCUT2D eigenvalue weighted by Gasteiger charge is -2.14. The van der Waals surface area contributed by atoms with E-state index in [1.54, 1.807) is 6.92 Å². The van der Waals surface area contributed by atoms with Crippen LogP contribution in [-0.4, -0.2) is 44.9 Å². The van der Waals surface area contributed by atoms with Crippen molar-refractivity contribution in [3.05, 3.63) is 24.0 Å². The molecule has 1 aliphatic rings. The molecule has 1 N–H and O–H groups in total. The summed E-state index contributed by atoms with van der Waals surface area (Å²) in [5, 5.41) is 2.89. The molecule has 2 rings (SSSR count). The molecule has 0 radical (unpaired) electrons. The molecule has 120 valence electrons. The lowest BCUT2D eigenvalue weighted by atomic mass is 10.2. The molecule has 1 heterocycles. The first-order valence-electron chi connectivity index (χ1n) is 6.40. The van der Waals surface area contributed by atoms with Crippen molar-refractivity contribution < 1.29 is 22.3 Å². The number of benzene rings is 1. The highest BCUT2D eigenvalue weighted by Gasteiger charge is 2.32. The number of hydrogen-bond donors (Lipinski definition) is 1. The second kappa shape index (κ2) is 6.17. The summed E-state index contributed by atoms with van der Waals surface area (Å²) in [4.78, 5) is 13.3. The number of halogens is 1. The van der Waals surface area contributed by atoms with E-state index >= 15 is 0 Å². The zero-order valence-electron chi connectivity index (χ0n) is 12.0. The molecule has 0 saturated carbocycles. The number of nitrogens with one attached hydrogen (secondary N) is 1. The van der Waals surface area contributed by atoms with Gasteiger partial charge in [0.25, 0.3) is 0 Å². The topological polar surface area (TPSA) is 75.7 Å². The molecule has 1 atom stereocenters. The lowest BCUT2D eigenvalue weighted by molar-refractivity contribution is 0.143. The number of carbonyl (C=O) groups excluding carboxylic acids is 1. The number of sulfone groups is 1. The number of rotatable bonds is 4. The van der Waals surface area contributed by atoms with Crippen molar-refractivity contribution in [2.45, 2.75) is 17.9 Å². The molecule has 0 spiro atoms. The van der Waals surface area contributed by atoms with Gasteiger partial charge in [-0.25, -0.2) is 17.6 Å². The number of carbonyl (C=O) groups is 1. The molecule has 1 aliphatic heterocycles. The van der Waals surface area contributed by atoms with E-state index in [1.165, 1.54) is 11.0 Å². The van der Waals surface area contributed by atoms with Gasteiger partial charge >= 0.3 is 6.09 Å². The fourth-order valence-electron chi connectivity index (χ4n) is 2.05. The highest BCUT2D eigenvalue weighted by Crippen LogP contribution is 2.25. The van der Waals surface area contributed by atoms with Gasteiger partial charge in [0.1, 0.15) is 16.8 Å². The fraction of sp³-hybridized carbons (Fsp3) is 0.385. The van der Waals surface area contributed by atoms with E-state index in [9.17, 15) is 17.6 Å². The molecule has 1 aromatic rings. The zero-order valence-corrected chi connectivity index (χ0v) is 13.6. The van der Waals surface area contributed by atoms with Crippen LogP contribution in [0.5, 0.6) is 0 Å². The minimum absolute atomic E-state index is 0.228. The number of thiocarbonyl (C=S) groups is 1. The maximum Gasteiger partial charge on any atom is 0.414 e. The van der Waals surface area contributed by atoms with E-state index in [1.807, 2.05) is 0 Å².